The van der Waals surface area contributed by atoms with Gasteiger partial charge in [-0.2, -0.15) is 0 Å². The van der Waals surface area contributed by atoms with E-state index in [0.29, 0.717) is 22.2 Å². The van der Waals surface area contributed by atoms with Gasteiger partial charge in [0.25, 0.3) is 5.91 Å². The number of hydrogen-bond acceptors (Lipinski definition) is 5. The highest BCUT2D eigenvalue weighted by Gasteiger charge is 2.24. The van der Waals surface area contributed by atoms with Crippen LogP contribution in [0.3, 0.4) is 0 Å². The molecule has 4 rings (SSSR count). The van der Waals surface area contributed by atoms with Gasteiger partial charge in [0.15, 0.2) is 6.61 Å². The standard InChI is InChI=1S/C24H23N3O4/c1-27(14-22(28)25-17-11-12-17)23(29)15-31-24(30)19-13-21(16-7-3-2-4-8-16)26-20-10-6-5-9-18(19)20/h2-10,13,17H,11-12,14-15H2,1H3,(H,25,28). The van der Waals surface area contributed by atoms with Gasteiger partial charge in [-0.15, -0.1) is 0 Å². The fourth-order valence-electron chi connectivity index (χ4n) is 3.22. The molecule has 7 nitrogen and oxygen atoms in total. The van der Waals surface area contributed by atoms with Crippen LogP contribution in [-0.2, 0) is 14.3 Å². The summed E-state index contributed by atoms with van der Waals surface area (Å²) in [5.74, 6) is -1.27. The lowest BCUT2D eigenvalue weighted by Crippen LogP contribution is -2.40. The second kappa shape index (κ2) is 8.95. The van der Waals surface area contributed by atoms with Gasteiger partial charge in [0.05, 0.1) is 23.3 Å². The van der Waals surface area contributed by atoms with Crippen molar-refractivity contribution in [1.29, 1.82) is 0 Å². The monoisotopic (exact) mass is 417 g/mol. The lowest BCUT2D eigenvalue weighted by molar-refractivity contribution is -0.137. The molecule has 0 aliphatic heterocycles. The van der Waals surface area contributed by atoms with Gasteiger partial charge in [-0.1, -0.05) is 48.5 Å². The van der Waals surface area contributed by atoms with Crippen molar-refractivity contribution in [2.75, 3.05) is 20.2 Å². The summed E-state index contributed by atoms with van der Waals surface area (Å²) in [6.45, 7) is -0.507. The molecule has 0 bridgehead atoms. The molecule has 1 heterocycles. The molecule has 3 aromatic rings. The van der Waals surface area contributed by atoms with Crippen molar-refractivity contribution < 1.29 is 19.1 Å². The summed E-state index contributed by atoms with van der Waals surface area (Å²) in [5, 5.41) is 3.47. The first-order chi connectivity index (χ1) is 15.0. The number of rotatable bonds is 7. The minimum atomic E-state index is -0.611. The van der Waals surface area contributed by atoms with Crippen molar-refractivity contribution >= 4 is 28.7 Å². The Balaban J connectivity index is 1.48. The Labute approximate surface area is 180 Å². The minimum absolute atomic E-state index is 0.0662. The molecule has 1 saturated carbocycles. The molecule has 0 radical (unpaired) electrons. The molecular weight excluding hydrogens is 394 g/mol. The number of benzene rings is 2. The quantitative estimate of drug-likeness (QED) is 0.597. The van der Waals surface area contributed by atoms with Gasteiger partial charge in [-0.25, -0.2) is 9.78 Å². The van der Waals surface area contributed by atoms with Crippen LogP contribution in [0.1, 0.15) is 23.2 Å². The number of nitrogens with zero attached hydrogens (tertiary/aromatic N) is 2. The number of esters is 1. The summed E-state index contributed by atoms with van der Waals surface area (Å²) in [5.41, 5.74) is 2.52. The third-order valence-corrected chi connectivity index (χ3v) is 5.08. The van der Waals surface area contributed by atoms with Crippen molar-refractivity contribution in [3.63, 3.8) is 0 Å². The molecule has 2 aromatic carbocycles. The first-order valence-electron chi connectivity index (χ1n) is 10.2. The second-order valence-electron chi connectivity index (χ2n) is 7.61. The summed E-state index contributed by atoms with van der Waals surface area (Å²) >= 11 is 0. The SMILES string of the molecule is CN(CC(=O)NC1CC1)C(=O)COC(=O)c1cc(-c2ccccc2)nc2ccccc12. The maximum Gasteiger partial charge on any atom is 0.339 e. The average Bonchev–Trinajstić information content (AvgIpc) is 3.60. The second-order valence-corrected chi connectivity index (χ2v) is 7.61. The van der Waals surface area contributed by atoms with Gasteiger partial charge >= 0.3 is 5.97 Å². The Kier molecular flexibility index (Phi) is 5.93. The maximum atomic E-state index is 12.8. The fraction of sp³-hybridized carbons (Fsp3) is 0.250. The van der Waals surface area contributed by atoms with E-state index in [4.69, 9.17) is 4.74 Å². The van der Waals surface area contributed by atoms with Crippen molar-refractivity contribution in [1.82, 2.24) is 15.2 Å². The molecule has 1 aliphatic carbocycles. The Morgan fingerprint density at radius 2 is 1.77 bits per heavy atom. The molecule has 0 atom stereocenters. The van der Waals surface area contributed by atoms with Crippen molar-refractivity contribution in [2.24, 2.45) is 0 Å². The van der Waals surface area contributed by atoms with Crippen LogP contribution in [0.25, 0.3) is 22.2 Å². The van der Waals surface area contributed by atoms with Crippen LogP contribution in [0.2, 0.25) is 0 Å². The Hall–Kier alpha value is -3.74. The summed E-state index contributed by atoms with van der Waals surface area (Å²) < 4.78 is 5.30. The predicted molar refractivity (Wildman–Crippen MR) is 116 cm³/mol. The smallest absolute Gasteiger partial charge is 0.339 e. The lowest BCUT2D eigenvalue weighted by Gasteiger charge is -2.17. The topological polar surface area (TPSA) is 88.6 Å². The molecule has 0 spiro atoms. The Morgan fingerprint density at radius 3 is 2.52 bits per heavy atom. The van der Waals surface area contributed by atoms with Gasteiger partial charge in [0.2, 0.25) is 5.91 Å². The molecule has 1 N–H and O–H groups in total. The molecule has 0 unspecified atom stereocenters. The maximum absolute atomic E-state index is 12.8. The number of hydrogen-bond donors (Lipinski definition) is 1. The van der Waals surface area contributed by atoms with Crippen LogP contribution < -0.4 is 5.32 Å². The van der Waals surface area contributed by atoms with Crippen molar-refractivity contribution in [3.8, 4) is 11.3 Å². The third kappa shape index (κ3) is 5.06. The zero-order valence-corrected chi connectivity index (χ0v) is 17.2. The van der Waals surface area contributed by atoms with Crippen LogP contribution in [0.15, 0.2) is 60.7 Å². The summed E-state index contributed by atoms with van der Waals surface area (Å²) in [7, 11) is 1.51. The highest BCUT2D eigenvalue weighted by molar-refractivity contribution is 6.05. The summed E-state index contributed by atoms with van der Waals surface area (Å²) in [6.07, 6.45) is 1.96. The number of likely N-dealkylation sites (N-methyl/N-ethyl adjacent to an activating group) is 1. The van der Waals surface area contributed by atoms with Crippen LogP contribution >= 0.6 is 0 Å². The number of fused-ring (bicyclic) bond motifs is 1. The molecule has 158 valence electrons. The van der Waals surface area contributed by atoms with E-state index in [2.05, 4.69) is 10.3 Å². The molecule has 7 heteroatoms. The zero-order chi connectivity index (χ0) is 21.8. The van der Waals surface area contributed by atoms with E-state index in [1.807, 2.05) is 48.5 Å². The van der Waals surface area contributed by atoms with Gasteiger partial charge in [-0.3, -0.25) is 9.59 Å². The van der Waals surface area contributed by atoms with Gasteiger partial charge in [0, 0.05) is 24.0 Å². The number of carbonyl (C=O) groups is 3. The van der Waals surface area contributed by atoms with Crippen molar-refractivity contribution in [2.45, 2.75) is 18.9 Å². The number of ether oxygens (including phenoxy) is 1. The number of amides is 2. The molecular formula is C24H23N3O4. The molecule has 1 aliphatic rings. The first kappa shape index (κ1) is 20.5. The van der Waals surface area contributed by atoms with E-state index < -0.39 is 18.5 Å². The minimum Gasteiger partial charge on any atom is -0.452 e. The van der Waals surface area contributed by atoms with Gasteiger partial charge < -0.3 is 15.0 Å². The van der Waals surface area contributed by atoms with Gasteiger partial charge in [0.1, 0.15) is 0 Å². The van der Waals surface area contributed by atoms with E-state index in [1.165, 1.54) is 11.9 Å². The van der Waals surface area contributed by atoms with Crippen LogP contribution in [0.5, 0.6) is 0 Å². The first-order valence-corrected chi connectivity index (χ1v) is 10.2. The highest BCUT2D eigenvalue weighted by atomic mass is 16.5. The Bertz CT molecular complexity index is 1130. The van der Waals surface area contributed by atoms with Gasteiger partial charge in [-0.05, 0) is 25.0 Å². The molecule has 0 saturated heterocycles. The number of para-hydroxylation sites is 1. The number of nitrogens with one attached hydrogen (secondary N) is 1. The zero-order valence-electron chi connectivity index (χ0n) is 17.2. The number of aromatic nitrogens is 1. The summed E-state index contributed by atoms with van der Waals surface area (Å²) in [6, 6.07) is 18.7. The highest BCUT2D eigenvalue weighted by Crippen LogP contribution is 2.25. The van der Waals surface area contributed by atoms with E-state index in [0.717, 1.165) is 18.4 Å². The van der Waals surface area contributed by atoms with Crippen LogP contribution in [0.4, 0.5) is 0 Å². The van der Waals surface area contributed by atoms with E-state index in [9.17, 15) is 14.4 Å². The number of pyridine rings is 1. The predicted octanol–water partition coefficient (Wildman–Crippen LogP) is 2.80. The number of carbonyl (C=O) groups excluding carboxylic acids is 3. The molecule has 31 heavy (non-hydrogen) atoms. The summed E-state index contributed by atoms with van der Waals surface area (Å²) in [4.78, 5) is 42.9. The van der Waals surface area contributed by atoms with E-state index in [1.54, 1.807) is 12.1 Å². The molecule has 1 fully saturated rings. The van der Waals surface area contributed by atoms with Crippen LogP contribution in [-0.4, -0.2) is 53.9 Å². The van der Waals surface area contributed by atoms with Crippen LogP contribution in [0, 0.1) is 0 Å². The fourth-order valence-corrected chi connectivity index (χ4v) is 3.22. The van der Waals surface area contributed by atoms with E-state index in [-0.39, 0.29) is 18.5 Å². The molecule has 2 amide bonds. The largest absolute Gasteiger partial charge is 0.452 e. The molecule has 1 aromatic heterocycles. The van der Waals surface area contributed by atoms with Crippen molar-refractivity contribution in [3.05, 3.63) is 66.2 Å². The average molecular weight is 417 g/mol. The third-order valence-electron chi connectivity index (χ3n) is 5.08. The Morgan fingerprint density at radius 1 is 1.06 bits per heavy atom. The van der Waals surface area contributed by atoms with E-state index >= 15 is 0 Å². The normalized spacial score (nSPS) is 12.9. The lowest BCUT2D eigenvalue weighted by atomic mass is 10.0.